The molecule has 28 heavy (non-hydrogen) atoms. The lowest BCUT2D eigenvalue weighted by molar-refractivity contribution is -0.117. The maximum atomic E-state index is 13.1. The molecule has 2 rings (SSSR count). The average molecular weight is 410 g/mol. The molecule has 9 heteroatoms. The summed E-state index contributed by atoms with van der Waals surface area (Å²) in [6.07, 6.45) is 0.499. The smallest absolute Gasteiger partial charge is 0.399 e. The second-order valence-corrected chi connectivity index (χ2v) is 10.9. The number of nitrogens with one attached hydrogen (secondary N) is 1. The van der Waals surface area contributed by atoms with Crippen LogP contribution >= 0.6 is 0 Å². The van der Waals surface area contributed by atoms with E-state index in [4.69, 9.17) is 15.0 Å². The zero-order valence-electron chi connectivity index (χ0n) is 17.8. The van der Waals surface area contributed by atoms with Crippen LogP contribution in [0.15, 0.2) is 23.1 Å². The third kappa shape index (κ3) is 5.14. The van der Waals surface area contributed by atoms with E-state index in [1.165, 1.54) is 0 Å². The van der Waals surface area contributed by atoms with Gasteiger partial charge in [0.1, 0.15) is 0 Å². The Morgan fingerprint density at radius 2 is 1.68 bits per heavy atom. The highest BCUT2D eigenvalue weighted by atomic mass is 32.2. The van der Waals surface area contributed by atoms with Crippen LogP contribution in [0.4, 0.5) is 0 Å². The number of amides is 1. The Bertz CT molecular complexity index is 844. The predicted molar refractivity (Wildman–Crippen MR) is 110 cm³/mol. The third-order valence-electron chi connectivity index (χ3n) is 4.98. The highest BCUT2D eigenvalue weighted by Crippen LogP contribution is 2.37. The maximum absolute atomic E-state index is 13.1. The molecule has 1 fully saturated rings. The predicted octanol–water partition coefficient (Wildman–Crippen LogP) is 1.48. The van der Waals surface area contributed by atoms with Gasteiger partial charge in [0, 0.05) is 17.4 Å². The maximum Gasteiger partial charge on any atom is 0.496 e. The molecule has 1 heterocycles. The van der Waals surface area contributed by atoms with Gasteiger partial charge in [0.2, 0.25) is 15.9 Å². The number of aryl methyl sites for hydroxylation is 1. The molecule has 0 spiro atoms. The van der Waals surface area contributed by atoms with Gasteiger partial charge in [-0.25, -0.2) is 13.1 Å². The largest absolute Gasteiger partial charge is 0.496 e. The number of hydrogen-bond acceptors (Lipinski definition) is 5. The molecule has 0 aromatic heterocycles. The third-order valence-corrected chi connectivity index (χ3v) is 6.79. The van der Waals surface area contributed by atoms with E-state index in [0.29, 0.717) is 17.4 Å². The molecule has 1 aliphatic heterocycles. The van der Waals surface area contributed by atoms with Crippen LogP contribution in [0.25, 0.3) is 0 Å². The highest BCUT2D eigenvalue weighted by molar-refractivity contribution is 7.89. The lowest BCUT2D eigenvalue weighted by atomic mass is 9.78. The van der Waals surface area contributed by atoms with Gasteiger partial charge in [0.15, 0.2) is 0 Å². The van der Waals surface area contributed by atoms with E-state index in [0.717, 1.165) is 0 Å². The van der Waals surface area contributed by atoms with Gasteiger partial charge in [-0.1, -0.05) is 12.1 Å². The lowest BCUT2D eigenvalue weighted by Gasteiger charge is -2.32. The standard InChI is InChI=1S/C19H31BN2O5S/c1-17(2,3)22-28(24,25)15-12-13(9-11-16(21)23)8-10-14(15)20-26-18(4,5)19(6,7)27-20/h8,10,12,22H,9,11H2,1-7H3,(H2,21,23). The van der Waals surface area contributed by atoms with Crippen LogP contribution in [0, 0.1) is 0 Å². The van der Waals surface area contributed by atoms with Gasteiger partial charge in [-0.2, -0.15) is 0 Å². The minimum Gasteiger partial charge on any atom is -0.399 e. The van der Waals surface area contributed by atoms with Crippen LogP contribution in [-0.4, -0.2) is 38.2 Å². The molecule has 3 N–H and O–H groups in total. The Balaban J connectivity index is 2.52. The molecule has 0 radical (unpaired) electrons. The van der Waals surface area contributed by atoms with E-state index >= 15 is 0 Å². The van der Waals surface area contributed by atoms with Crippen LogP contribution in [-0.2, 0) is 30.5 Å². The average Bonchev–Trinajstić information content (AvgIpc) is 2.70. The minimum atomic E-state index is -3.85. The Labute approximate surface area is 168 Å². The van der Waals surface area contributed by atoms with Crippen LogP contribution in [0.1, 0.15) is 60.5 Å². The van der Waals surface area contributed by atoms with Gasteiger partial charge in [-0.15, -0.1) is 0 Å². The molecule has 156 valence electrons. The van der Waals surface area contributed by atoms with Crippen LogP contribution in [0.2, 0.25) is 0 Å². The molecule has 1 aliphatic rings. The fraction of sp³-hybridized carbons (Fsp3) is 0.632. The fourth-order valence-corrected chi connectivity index (χ4v) is 4.55. The van der Waals surface area contributed by atoms with E-state index in [-0.39, 0.29) is 11.3 Å². The Morgan fingerprint density at radius 1 is 1.14 bits per heavy atom. The van der Waals surface area contributed by atoms with Crippen molar-refractivity contribution in [3.63, 3.8) is 0 Å². The number of sulfonamides is 1. The first kappa shape index (κ1) is 22.9. The van der Waals surface area contributed by atoms with E-state index < -0.39 is 39.8 Å². The summed E-state index contributed by atoms with van der Waals surface area (Å²) in [5.74, 6) is -0.438. The van der Waals surface area contributed by atoms with Crippen molar-refractivity contribution in [1.29, 1.82) is 0 Å². The highest BCUT2D eigenvalue weighted by Gasteiger charge is 2.52. The molecule has 1 saturated heterocycles. The summed E-state index contributed by atoms with van der Waals surface area (Å²) < 4.78 is 41.1. The van der Waals surface area contributed by atoms with Gasteiger partial charge in [0.25, 0.3) is 0 Å². The summed E-state index contributed by atoms with van der Waals surface area (Å²) in [7, 11) is -4.67. The monoisotopic (exact) mass is 410 g/mol. The van der Waals surface area contributed by atoms with E-state index in [9.17, 15) is 13.2 Å². The second kappa shape index (κ2) is 7.44. The number of carbonyl (C=O) groups is 1. The molecule has 0 unspecified atom stereocenters. The topological polar surface area (TPSA) is 108 Å². The van der Waals surface area contributed by atoms with Crippen molar-refractivity contribution in [2.45, 2.75) is 82.9 Å². The van der Waals surface area contributed by atoms with Crippen LogP contribution in [0.3, 0.4) is 0 Å². The summed E-state index contributed by atoms with van der Waals surface area (Å²) in [5, 5.41) is 0. The molecule has 1 amide bonds. The lowest BCUT2D eigenvalue weighted by Crippen LogP contribution is -2.45. The first-order valence-electron chi connectivity index (χ1n) is 9.35. The molecule has 7 nitrogen and oxygen atoms in total. The summed E-state index contributed by atoms with van der Waals surface area (Å²) >= 11 is 0. The number of rotatable bonds is 6. The van der Waals surface area contributed by atoms with Crippen LogP contribution < -0.4 is 15.9 Å². The molecular formula is C19H31BN2O5S. The quantitative estimate of drug-likeness (QED) is 0.691. The number of primary amides is 1. The van der Waals surface area contributed by atoms with Crippen molar-refractivity contribution < 1.29 is 22.5 Å². The molecule has 1 aromatic rings. The van der Waals surface area contributed by atoms with Gasteiger partial charge < -0.3 is 15.0 Å². The van der Waals surface area contributed by atoms with E-state index in [1.54, 1.807) is 39.0 Å². The van der Waals surface area contributed by atoms with E-state index in [1.807, 2.05) is 27.7 Å². The number of hydrogen-bond donors (Lipinski definition) is 2. The number of benzene rings is 1. The summed E-state index contributed by atoms with van der Waals surface area (Å²) in [6.45, 7) is 13.0. The molecular weight excluding hydrogens is 379 g/mol. The molecule has 0 aliphatic carbocycles. The zero-order valence-corrected chi connectivity index (χ0v) is 18.6. The first-order valence-corrected chi connectivity index (χ1v) is 10.8. The van der Waals surface area contributed by atoms with Crippen molar-refractivity contribution in [2.24, 2.45) is 5.73 Å². The Kier molecular flexibility index (Phi) is 6.08. The number of nitrogens with two attached hydrogens (primary N) is 1. The zero-order chi connectivity index (χ0) is 21.5. The van der Waals surface area contributed by atoms with Gasteiger partial charge in [0.05, 0.1) is 16.1 Å². The Morgan fingerprint density at radius 3 is 2.14 bits per heavy atom. The van der Waals surface area contributed by atoms with Crippen molar-refractivity contribution in [2.75, 3.05) is 0 Å². The van der Waals surface area contributed by atoms with E-state index in [2.05, 4.69) is 4.72 Å². The fourth-order valence-electron chi connectivity index (χ4n) is 2.86. The molecule has 0 bridgehead atoms. The first-order chi connectivity index (χ1) is 12.5. The second-order valence-electron chi connectivity index (χ2n) is 9.28. The van der Waals surface area contributed by atoms with Crippen molar-refractivity contribution >= 4 is 28.5 Å². The molecule has 1 aromatic carbocycles. The van der Waals surface area contributed by atoms with Gasteiger partial charge in [-0.05, 0) is 66.5 Å². The van der Waals surface area contributed by atoms with Crippen LogP contribution in [0.5, 0.6) is 0 Å². The summed E-state index contributed by atoms with van der Waals surface area (Å²) in [6, 6.07) is 5.03. The SMILES string of the molecule is CC(C)(C)NS(=O)(=O)c1cc(CCC(N)=O)ccc1B1OC(C)(C)C(C)(C)O1. The number of carbonyl (C=O) groups excluding carboxylic acids is 1. The van der Waals surface area contributed by atoms with Crippen molar-refractivity contribution in [1.82, 2.24) is 4.72 Å². The minimum absolute atomic E-state index is 0.0860. The normalized spacial score (nSPS) is 19.0. The molecule has 0 atom stereocenters. The molecule has 0 saturated carbocycles. The van der Waals surface area contributed by atoms with Crippen molar-refractivity contribution in [3.05, 3.63) is 23.8 Å². The van der Waals surface area contributed by atoms with Gasteiger partial charge in [-0.3, -0.25) is 4.79 Å². The summed E-state index contributed by atoms with van der Waals surface area (Å²) in [4.78, 5) is 11.2. The van der Waals surface area contributed by atoms with Gasteiger partial charge >= 0.3 is 7.12 Å². The summed E-state index contributed by atoms with van der Waals surface area (Å²) in [5.41, 5.74) is 4.51. The van der Waals surface area contributed by atoms with Crippen molar-refractivity contribution in [3.8, 4) is 0 Å². The Hall–Kier alpha value is -1.42.